The van der Waals surface area contributed by atoms with Crippen LogP contribution in [-0.4, -0.2) is 9.55 Å². The fourth-order valence-corrected chi connectivity index (χ4v) is 3.84. The number of para-hydroxylation sites is 3. The standard InChI is InChI=1S/C26H28N2/c1-17(2)21-9-8-10-22(18(3)4)25(21)28-24-12-7-6-11-23(24)27-26(28)20-15-13-19(5)14-16-20/h6-18H,1-5H3/i5D3. The van der Waals surface area contributed by atoms with Gasteiger partial charge in [0.15, 0.2) is 0 Å². The molecular weight excluding hydrogens is 340 g/mol. The van der Waals surface area contributed by atoms with E-state index >= 15 is 0 Å². The molecule has 142 valence electrons. The molecule has 0 aliphatic heterocycles. The van der Waals surface area contributed by atoms with Gasteiger partial charge in [0.2, 0.25) is 0 Å². The van der Waals surface area contributed by atoms with Crippen molar-refractivity contribution in [2.45, 2.75) is 46.4 Å². The summed E-state index contributed by atoms with van der Waals surface area (Å²) in [7, 11) is 0. The highest BCUT2D eigenvalue weighted by molar-refractivity contribution is 5.84. The van der Waals surface area contributed by atoms with E-state index in [1.54, 1.807) is 12.1 Å². The minimum absolute atomic E-state index is 0.337. The first-order valence-corrected chi connectivity index (χ1v) is 9.90. The van der Waals surface area contributed by atoms with Gasteiger partial charge in [-0.2, -0.15) is 0 Å². The zero-order valence-corrected chi connectivity index (χ0v) is 16.9. The van der Waals surface area contributed by atoms with E-state index in [1.165, 1.54) is 16.8 Å². The summed E-state index contributed by atoms with van der Waals surface area (Å²) in [6.07, 6.45) is 0. The Morgan fingerprint density at radius 1 is 0.786 bits per heavy atom. The van der Waals surface area contributed by atoms with Crippen molar-refractivity contribution in [3.8, 4) is 17.1 Å². The Labute approximate surface area is 172 Å². The van der Waals surface area contributed by atoms with Crippen molar-refractivity contribution in [3.05, 3.63) is 83.4 Å². The van der Waals surface area contributed by atoms with Gasteiger partial charge in [0.1, 0.15) is 5.82 Å². The summed E-state index contributed by atoms with van der Waals surface area (Å²) >= 11 is 0. The maximum Gasteiger partial charge on any atom is 0.145 e. The topological polar surface area (TPSA) is 17.8 Å². The van der Waals surface area contributed by atoms with Crippen molar-refractivity contribution >= 4 is 11.0 Å². The third-order valence-corrected chi connectivity index (χ3v) is 5.27. The second-order valence-corrected chi connectivity index (χ2v) is 7.93. The number of aromatic nitrogens is 2. The van der Waals surface area contributed by atoms with Crippen LogP contribution >= 0.6 is 0 Å². The molecule has 0 N–H and O–H groups in total. The summed E-state index contributed by atoms with van der Waals surface area (Å²) in [5.41, 5.74) is 6.93. The van der Waals surface area contributed by atoms with E-state index in [2.05, 4.69) is 56.5 Å². The molecular formula is C26H28N2. The maximum atomic E-state index is 7.68. The molecule has 2 nitrogen and oxygen atoms in total. The van der Waals surface area contributed by atoms with Crippen LogP contribution in [0.4, 0.5) is 0 Å². The fourth-order valence-electron chi connectivity index (χ4n) is 3.84. The van der Waals surface area contributed by atoms with Crippen LogP contribution in [0.25, 0.3) is 28.1 Å². The highest BCUT2D eigenvalue weighted by atomic mass is 15.1. The lowest BCUT2D eigenvalue weighted by molar-refractivity contribution is 0.811. The smallest absolute Gasteiger partial charge is 0.145 e. The quantitative estimate of drug-likeness (QED) is 0.369. The number of nitrogens with zero attached hydrogens (tertiary/aromatic N) is 2. The SMILES string of the molecule is [2H]C([2H])([2H])c1ccc(-c2nc3ccccc3n2-c2c(C(C)C)cccc2C(C)C)cc1. The lowest BCUT2D eigenvalue weighted by Crippen LogP contribution is -2.08. The van der Waals surface area contributed by atoms with Crippen LogP contribution in [0.5, 0.6) is 0 Å². The van der Waals surface area contributed by atoms with Crippen molar-refractivity contribution in [2.24, 2.45) is 0 Å². The Bertz CT molecular complexity index is 1190. The molecule has 4 rings (SSSR count). The first kappa shape index (κ1) is 15.1. The van der Waals surface area contributed by atoms with Crippen LogP contribution in [0.3, 0.4) is 0 Å². The van der Waals surface area contributed by atoms with E-state index in [-0.39, 0.29) is 0 Å². The molecule has 28 heavy (non-hydrogen) atoms. The Morgan fingerprint density at radius 2 is 1.43 bits per heavy atom. The summed E-state index contributed by atoms with van der Waals surface area (Å²) in [6, 6.07) is 21.8. The number of benzene rings is 3. The molecule has 0 spiro atoms. The van der Waals surface area contributed by atoms with Gasteiger partial charge in [-0.05, 0) is 41.9 Å². The Kier molecular flexibility index (Phi) is 3.92. The van der Waals surface area contributed by atoms with E-state index in [0.717, 1.165) is 22.4 Å². The molecule has 1 heterocycles. The number of hydrogen-bond acceptors (Lipinski definition) is 1. The van der Waals surface area contributed by atoms with E-state index in [1.807, 2.05) is 30.3 Å². The van der Waals surface area contributed by atoms with Crippen molar-refractivity contribution in [1.82, 2.24) is 9.55 Å². The van der Waals surface area contributed by atoms with E-state index in [0.29, 0.717) is 17.4 Å². The molecule has 4 aromatic rings. The van der Waals surface area contributed by atoms with Gasteiger partial charge in [-0.15, -0.1) is 0 Å². The molecule has 0 amide bonds. The van der Waals surface area contributed by atoms with Crippen molar-refractivity contribution < 1.29 is 4.11 Å². The minimum atomic E-state index is -2.12. The first-order valence-electron chi connectivity index (χ1n) is 11.4. The van der Waals surface area contributed by atoms with Gasteiger partial charge in [0.05, 0.1) is 16.7 Å². The molecule has 0 atom stereocenters. The second-order valence-electron chi connectivity index (χ2n) is 7.93. The Morgan fingerprint density at radius 3 is 2.04 bits per heavy atom. The first-order chi connectivity index (χ1) is 14.7. The highest BCUT2D eigenvalue weighted by Gasteiger charge is 2.21. The van der Waals surface area contributed by atoms with Crippen LogP contribution < -0.4 is 0 Å². The monoisotopic (exact) mass is 371 g/mol. The molecule has 0 saturated heterocycles. The van der Waals surface area contributed by atoms with Gasteiger partial charge in [0.25, 0.3) is 0 Å². The molecule has 0 saturated carbocycles. The van der Waals surface area contributed by atoms with Crippen LogP contribution in [0.1, 0.15) is 60.3 Å². The normalized spacial score (nSPS) is 13.7. The second kappa shape index (κ2) is 7.27. The summed E-state index contributed by atoms with van der Waals surface area (Å²) in [5.74, 6) is 1.52. The zero-order chi connectivity index (χ0) is 22.3. The summed E-state index contributed by atoms with van der Waals surface area (Å²) in [4.78, 5) is 4.97. The van der Waals surface area contributed by atoms with Gasteiger partial charge in [-0.25, -0.2) is 4.98 Å². The van der Waals surface area contributed by atoms with E-state index < -0.39 is 6.85 Å². The van der Waals surface area contributed by atoms with Crippen LogP contribution in [0.2, 0.25) is 0 Å². The average Bonchev–Trinajstić information content (AvgIpc) is 3.11. The zero-order valence-electron chi connectivity index (χ0n) is 19.9. The minimum Gasteiger partial charge on any atom is -0.292 e. The van der Waals surface area contributed by atoms with E-state index in [4.69, 9.17) is 9.10 Å². The van der Waals surface area contributed by atoms with Crippen molar-refractivity contribution in [2.75, 3.05) is 0 Å². The molecule has 0 fully saturated rings. The van der Waals surface area contributed by atoms with Gasteiger partial charge in [-0.3, -0.25) is 4.57 Å². The third kappa shape index (κ3) is 3.13. The van der Waals surface area contributed by atoms with E-state index in [9.17, 15) is 0 Å². The van der Waals surface area contributed by atoms with Gasteiger partial charge in [0, 0.05) is 9.68 Å². The predicted octanol–water partition coefficient (Wildman–Crippen LogP) is 7.25. The lowest BCUT2D eigenvalue weighted by atomic mass is 9.92. The number of hydrogen-bond donors (Lipinski definition) is 0. The molecule has 0 unspecified atom stereocenters. The lowest BCUT2D eigenvalue weighted by Gasteiger charge is -2.22. The maximum absolute atomic E-state index is 7.68. The third-order valence-electron chi connectivity index (χ3n) is 5.27. The van der Waals surface area contributed by atoms with Crippen LogP contribution in [0, 0.1) is 6.85 Å². The molecule has 0 radical (unpaired) electrons. The molecule has 0 aliphatic rings. The van der Waals surface area contributed by atoms with Crippen molar-refractivity contribution in [1.29, 1.82) is 0 Å². The molecule has 0 bridgehead atoms. The summed E-state index contributed by atoms with van der Waals surface area (Å²) in [5, 5.41) is 0. The molecule has 1 aromatic heterocycles. The highest BCUT2D eigenvalue weighted by Crippen LogP contribution is 2.37. The Hall–Kier alpha value is -2.87. The average molecular weight is 372 g/mol. The van der Waals surface area contributed by atoms with Gasteiger partial charge < -0.3 is 0 Å². The molecule has 3 aromatic carbocycles. The number of imidazole rings is 1. The van der Waals surface area contributed by atoms with Gasteiger partial charge in [-0.1, -0.05) is 87.9 Å². The summed E-state index contributed by atoms with van der Waals surface area (Å²) < 4.78 is 25.3. The van der Waals surface area contributed by atoms with Crippen LogP contribution in [-0.2, 0) is 0 Å². The fraction of sp³-hybridized carbons (Fsp3) is 0.269. The molecule has 0 aliphatic carbocycles. The number of fused-ring (bicyclic) bond motifs is 1. The van der Waals surface area contributed by atoms with Crippen molar-refractivity contribution in [3.63, 3.8) is 0 Å². The number of aryl methyl sites for hydroxylation is 1. The van der Waals surface area contributed by atoms with Crippen LogP contribution in [0.15, 0.2) is 66.7 Å². The largest absolute Gasteiger partial charge is 0.292 e. The Balaban J connectivity index is 2.05. The summed E-state index contributed by atoms with van der Waals surface area (Å²) in [6.45, 7) is 6.74. The predicted molar refractivity (Wildman–Crippen MR) is 119 cm³/mol. The van der Waals surface area contributed by atoms with Gasteiger partial charge >= 0.3 is 0 Å². The molecule has 2 heteroatoms. The number of rotatable bonds is 4.